The number of carbonyl (C=O) groups excluding carboxylic acids is 1. The minimum Gasteiger partial charge on any atom is -0.356 e. The highest BCUT2D eigenvalue weighted by Crippen LogP contribution is 2.43. The average molecular weight is 381 g/mol. The highest BCUT2D eigenvalue weighted by molar-refractivity contribution is 5.86. The van der Waals surface area contributed by atoms with Gasteiger partial charge in [0.05, 0.1) is 11.0 Å². The Bertz CT molecular complexity index is 685. The van der Waals surface area contributed by atoms with E-state index in [1.165, 1.54) is 25.3 Å². The molecule has 1 amide bonds. The molecule has 3 heterocycles. The van der Waals surface area contributed by atoms with Crippen LogP contribution < -0.4 is 4.90 Å². The molecule has 1 aromatic heterocycles. The van der Waals surface area contributed by atoms with Gasteiger partial charge in [-0.25, -0.2) is 4.98 Å². The van der Waals surface area contributed by atoms with E-state index in [2.05, 4.69) is 9.88 Å². The van der Waals surface area contributed by atoms with Crippen molar-refractivity contribution in [3.8, 4) is 0 Å². The van der Waals surface area contributed by atoms with Crippen LogP contribution in [0.2, 0.25) is 0 Å². The molecule has 4 rings (SSSR count). The van der Waals surface area contributed by atoms with Crippen molar-refractivity contribution in [2.45, 2.75) is 63.6 Å². The largest absolute Gasteiger partial charge is 0.417 e. The molecule has 3 aliphatic rings. The summed E-state index contributed by atoms with van der Waals surface area (Å²) in [5.74, 6) is 0.789. The standard InChI is InChI=1S/C20H26F3N3O/c21-20(22,23)15-7-8-17(24-13-15)25-11-4-9-19(14-25)10-12-26(18(19)27)16-5-2-1-3-6-16/h7-8,13,16H,1-6,9-12,14H2. The summed E-state index contributed by atoms with van der Waals surface area (Å²) in [6.07, 6.45) is 4.96. The zero-order valence-electron chi connectivity index (χ0n) is 15.5. The van der Waals surface area contributed by atoms with Crippen LogP contribution in [-0.4, -0.2) is 41.5 Å². The third-order valence-corrected chi connectivity index (χ3v) is 6.54. The van der Waals surface area contributed by atoms with Gasteiger partial charge in [-0.05, 0) is 44.2 Å². The summed E-state index contributed by atoms with van der Waals surface area (Å²) in [6, 6.07) is 2.89. The molecule has 1 spiro atoms. The number of anilines is 1. The molecule has 27 heavy (non-hydrogen) atoms. The van der Waals surface area contributed by atoms with Gasteiger partial charge in [0, 0.05) is 31.9 Å². The number of alkyl halides is 3. The summed E-state index contributed by atoms with van der Waals surface area (Å²) < 4.78 is 38.3. The molecule has 1 unspecified atom stereocenters. The van der Waals surface area contributed by atoms with E-state index in [-0.39, 0.29) is 11.3 Å². The molecule has 3 fully saturated rings. The van der Waals surface area contributed by atoms with Gasteiger partial charge in [-0.3, -0.25) is 4.79 Å². The number of pyridine rings is 1. The first-order valence-electron chi connectivity index (χ1n) is 9.98. The van der Waals surface area contributed by atoms with Gasteiger partial charge in [0.25, 0.3) is 0 Å². The molecule has 0 radical (unpaired) electrons. The SMILES string of the molecule is O=C1N(C2CCCCC2)CCC12CCCN(c1ccc(C(F)(F)F)cn1)C2. The lowest BCUT2D eigenvalue weighted by atomic mass is 9.78. The van der Waals surface area contributed by atoms with Crippen LogP contribution in [0.4, 0.5) is 19.0 Å². The first-order chi connectivity index (χ1) is 12.9. The summed E-state index contributed by atoms with van der Waals surface area (Å²) in [6.45, 7) is 2.11. The quantitative estimate of drug-likeness (QED) is 0.768. The van der Waals surface area contributed by atoms with Gasteiger partial charge in [0.1, 0.15) is 5.82 Å². The Morgan fingerprint density at radius 3 is 2.48 bits per heavy atom. The van der Waals surface area contributed by atoms with E-state index in [1.54, 1.807) is 0 Å². The molecule has 2 aliphatic heterocycles. The third kappa shape index (κ3) is 3.52. The molecule has 1 saturated carbocycles. The second kappa shape index (κ2) is 6.99. The summed E-state index contributed by atoms with van der Waals surface area (Å²) >= 11 is 0. The summed E-state index contributed by atoms with van der Waals surface area (Å²) in [5.41, 5.74) is -1.13. The van der Waals surface area contributed by atoms with Crippen molar-refractivity contribution in [2.75, 3.05) is 24.5 Å². The van der Waals surface area contributed by atoms with Crippen molar-refractivity contribution in [3.63, 3.8) is 0 Å². The van der Waals surface area contributed by atoms with E-state index < -0.39 is 11.7 Å². The lowest BCUT2D eigenvalue weighted by Crippen LogP contribution is -2.50. The number of amides is 1. The van der Waals surface area contributed by atoms with Crippen LogP contribution in [0.25, 0.3) is 0 Å². The molecular formula is C20H26F3N3O. The Balaban J connectivity index is 1.48. The zero-order chi connectivity index (χ0) is 19.1. The molecule has 1 aliphatic carbocycles. The molecule has 4 nitrogen and oxygen atoms in total. The molecule has 1 aromatic rings. The molecule has 2 saturated heterocycles. The van der Waals surface area contributed by atoms with Crippen molar-refractivity contribution in [1.82, 2.24) is 9.88 Å². The highest BCUT2D eigenvalue weighted by atomic mass is 19.4. The number of likely N-dealkylation sites (tertiary alicyclic amines) is 1. The van der Waals surface area contributed by atoms with Crippen LogP contribution in [0.1, 0.15) is 56.9 Å². The molecule has 148 valence electrons. The van der Waals surface area contributed by atoms with E-state index in [1.807, 2.05) is 4.90 Å². The Kier molecular flexibility index (Phi) is 4.80. The molecule has 0 N–H and O–H groups in total. The number of hydrogen-bond acceptors (Lipinski definition) is 3. The first kappa shape index (κ1) is 18.6. The number of piperidine rings is 1. The Morgan fingerprint density at radius 2 is 1.81 bits per heavy atom. The van der Waals surface area contributed by atoms with Crippen molar-refractivity contribution in [2.24, 2.45) is 5.41 Å². The number of halogens is 3. The summed E-state index contributed by atoms with van der Waals surface area (Å²) in [5, 5.41) is 0. The molecule has 0 bridgehead atoms. The summed E-state index contributed by atoms with van der Waals surface area (Å²) in [7, 11) is 0. The zero-order valence-corrected chi connectivity index (χ0v) is 15.5. The highest BCUT2D eigenvalue weighted by Gasteiger charge is 2.50. The number of nitrogens with zero attached hydrogens (tertiary/aromatic N) is 3. The Morgan fingerprint density at radius 1 is 1.04 bits per heavy atom. The normalized spacial score (nSPS) is 27.6. The van der Waals surface area contributed by atoms with Crippen molar-refractivity contribution in [1.29, 1.82) is 0 Å². The number of rotatable bonds is 2. The van der Waals surface area contributed by atoms with Gasteiger partial charge in [0.2, 0.25) is 5.91 Å². The van der Waals surface area contributed by atoms with Crippen LogP contribution in [0.5, 0.6) is 0 Å². The van der Waals surface area contributed by atoms with Crippen molar-refractivity contribution in [3.05, 3.63) is 23.9 Å². The Labute approximate surface area is 157 Å². The topological polar surface area (TPSA) is 36.4 Å². The lowest BCUT2D eigenvalue weighted by molar-refractivity contribution is -0.139. The smallest absolute Gasteiger partial charge is 0.356 e. The summed E-state index contributed by atoms with van der Waals surface area (Å²) in [4.78, 5) is 21.4. The maximum Gasteiger partial charge on any atom is 0.417 e. The average Bonchev–Trinajstić information content (AvgIpc) is 2.98. The maximum atomic E-state index is 13.3. The van der Waals surface area contributed by atoms with Crippen LogP contribution in [-0.2, 0) is 11.0 Å². The van der Waals surface area contributed by atoms with Gasteiger partial charge >= 0.3 is 6.18 Å². The fraction of sp³-hybridized carbons (Fsp3) is 0.700. The van der Waals surface area contributed by atoms with E-state index in [4.69, 9.17) is 0 Å². The van der Waals surface area contributed by atoms with Crippen LogP contribution >= 0.6 is 0 Å². The monoisotopic (exact) mass is 381 g/mol. The van der Waals surface area contributed by atoms with E-state index in [0.29, 0.717) is 18.4 Å². The second-order valence-corrected chi connectivity index (χ2v) is 8.25. The molecule has 0 aromatic carbocycles. The molecular weight excluding hydrogens is 355 g/mol. The first-order valence-corrected chi connectivity index (χ1v) is 9.98. The van der Waals surface area contributed by atoms with Crippen LogP contribution in [0, 0.1) is 5.41 Å². The fourth-order valence-corrected chi connectivity index (χ4v) is 5.04. The lowest BCUT2D eigenvalue weighted by Gasteiger charge is -2.40. The maximum absolute atomic E-state index is 13.3. The van der Waals surface area contributed by atoms with Gasteiger partial charge < -0.3 is 9.80 Å². The minimum atomic E-state index is -4.38. The van der Waals surface area contributed by atoms with E-state index in [9.17, 15) is 18.0 Å². The molecule has 1 atom stereocenters. The van der Waals surface area contributed by atoms with Crippen molar-refractivity contribution >= 4 is 11.7 Å². The predicted octanol–water partition coefficient (Wildman–Crippen LogP) is 4.25. The van der Waals surface area contributed by atoms with E-state index in [0.717, 1.165) is 57.5 Å². The van der Waals surface area contributed by atoms with Crippen molar-refractivity contribution < 1.29 is 18.0 Å². The predicted molar refractivity (Wildman–Crippen MR) is 96.3 cm³/mol. The van der Waals surface area contributed by atoms with Gasteiger partial charge in [-0.2, -0.15) is 13.2 Å². The fourth-order valence-electron chi connectivity index (χ4n) is 5.04. The molecule has 7 heteroatoms. The van der Waals surface area contributed by atoms with Gasteiger partial charge in [0.15, 0.2) is 0 Å². The van der Waals surface area contributed by atoms with E-state index >= 15 is 0 Å². The minimum absolute atomic E-state index is 0.256. The third-order valence-electron chi connectivity index (χ3n) is 6.54. The number of aromatic nitrogens is 1. The number of hydrogen-bond donors (Lipinski definition) is 0. The second-order valence-electron chi connectivity index (χ2n) is 8.25. The Hall–Kier alpha value is -1.79. The number of carbonyl (C=O) groups is 1. The van der Waals surface area contributed by atoms with Gasteiger partial charge in [-0.15, -0.1) is 0 Å². The van der Waals surface area contributed by atoms with Crippen LogP contribution in [0.3, 0.4) is 0 Å². The van der Waals surface area contributed by atoms with Gasteiger partial charge in [-0.1, -0.05) is 19.3 Å². The van der Waals surface area contributed by atoms with Crippen LogP contribution in [0.15, 0.2) is 18.3 Å².